The zero-order valence-corrected chi connectivity index (χ0v) is 20.7. The van der Waals surface area contributed by atoms with Crippen LogP contribution in [0.5, 0.6) is 11.5 Å². The van der Waals surface area contributed by atoms with E-state index in [4.69, 9.17) is 9.47 Å². The number of fused-ring (bicyclic) bond motifs is 1. The highest BCUT2D eigenvalue weighted by atomic mass is 16.5. The molecule has 3 aromatic rings. The third-order valence-corrected chi connectivity index (χ3v) is 6.08. The number of methoxy groups -OCH3 is 2. The van der Waals surface area contributed by atoms with E-state index in [1.807, 2.05) is 43.0 Å². The molecule has 0 saturated carbocycles. The first-order chi connectivity index (χ1) is 15.7. The second-order valence-corrected chi connectivity index (χ2v) is 9.21. The van der Waals surface area contributed by atoms with E-state index < -0.39 is 6.10 Å². The van der Waals surface area contributed by atoms with Gasteiger partial charge in [-0.2, -0.15) is 0 Å². The molecule has 1 amide bonds. The lowest BCUT2D eigenvalue weighted by Gasteiger charge is -2.31. The molecule has 0 aromatic heterocycles. The molecule has 1 atom stereocenters. The van der Waals surface area contributed by atoms with Crippen molar-refractivity contribution < 1.29 is 19.4 Å². The Hall–Kier alpha value is -3.05. The molecule has 0 fully saturated rings. The third-order valence-electron chi connectivity index (χ3n) is 6.08. The van der Waals surface area contributed by atoms with Gasteiger partial charge in [0.15, 0.2) is 0 Å². The standard InChI is InChI=1S/C28H35NO4/c1-8-29(9-2)27(31)24-23(26(30)19-14-20(32-6)17-21(15-19)33-7)16-18-12-10-11-13-22(18)25(24)28(3,4)5/h10-17,26,30H,8-9H2,1-7H3. The fourth-order valence-corrected chi connectivity index (χ4v) is 4.43. The maximum Gasteiger partial charge on any atom is 0.254 e. The average molecular weight is 450 g/mol. The zero-order valence-electron chi connectivity index (χ0n) is 20.7. The van der Waals surface area contributed by atoms with E-state index in [0.29, 0.717) is 41.3 Å². The van der Waals surface area contributed by atoms with E-state index in [1.54, 1.807) is 32.4 Å². The molecule has 0 aliphatic carbocycles. The molecule has 3 aromatic carbocycles. The summed E-state index contributed by atoms with van der Waals surface area (Å²) in [6.07, 6.45) is -1.03. The van der Waals surface area contributed by atoms with E-state index in [9.17, 15) is 9.90 Å². The smallest absolute Gasteiger partial charge is 0.254 e. The number of rotatable bonds is 7. The van der Waals surface area contributed by atoms with Gasteiger partial charge in [0.05, 0.1) is 19.8 Å². The summed E-state index contributed by atoms with van der Waals surface area (Å²) in [5.74, 6) is 1.09. The van der Waals surface area contributed by atoms with Crippen molar-refractivity contribution in [2.24, 2.45) is 0 Å². The van der Waals surface area contributed by atoms with Crippen LogP contribution in [0.1, 0.15) is 67.8 Å². The van der Waals surface area contributed by atoms with Crippen molar-refractivity contribution in [3.63, 3.8) is 0 Å². The van der Waals surface area contributed by atoms with Gasteiger partial charge in [-0.1, -0.05) is 45.0 Å². The van der Waals surface area contributed by atoms with Crippen LogP contribution in [0.25, 0.3) is 10.8 Å². The predicted molar refractivity (Wildman–Crippen MR) is 134 cm³/mol. The van der Waals surface area contributed by atoms with Crippen LogP contribution in [0, 0.1) is 0 Å². The molecule has 0 saturated heterocycles. The molecule has 1 unspecified atom stereocenters. The summed E-state index contributed by atoms with van der Waals surface area (Å²) in [5.41, 5.74) is 2.39. The fourth-order valence-electron chi connectivity index (χ4n) is 4.43. The molecule has 0 bridgehead atoms. The number of carbonyl (C=O) groups is 1. The van der Waals surface area contributed by atoms with Crippen LogP contribution in [0.15, 0.2) is 48.5 Å². The summed E-state index contributed by atoms with van der Waals surface area (Å²) in [6, 6.07) is 15.3. The van der Waals surface area contributed by atoms with Crippen molar-refractivity contribution in [3.05, 3.63) is 70.8 Å². The van der Waals surface area contributed by atoms with Crippen molar-refractivity contribution in [1.82, 2.24) is 4.90 Å². The first-order valence-corrected chi connectivity index (χ1v) is 11.4. The van der Waals surface area contributed by atoms with Crippen molar-refractivity contribution in [2.75, 3.05) is 27.3 Å². The monoisotopic (exact) mass is 449 g/mol. The SMILES string of the molecule is CCN(CC)C(=O)c1c(C(O)c2cc(OC)cc(OC)c2)cc2ccccc2c1C(C)(C)C. The highest BCUT2D eigenvalue weighted by molar-refractivity contribution is 6.04. The molecule has 33 heavy (non-hydrogen) atoms. The Balaban J connectivity index is 2.39. The molecule has 0 spiro atoms. The molecule has 5 heteroatoms. The van der Waals surface area contributed by atoms with E-state index in [-0.39, 0.29) is 11.3 Å². The highest BCUT2D eigenvalue weighted by Crippen LogP contribution is 2.40. The van der Waals surface area contributed by atoms with Crippen LogP contribution < -0.4 is 9.47 Å². The Labute approximate surface area is 196 Å². The lowest BCUT2D eigenvalue weighted by Crippen LogP contribution is -2.34. The minimum Gasteiger partial charge on any atom is -0.497 e. The summed E-state index contributed by atoms with van der Waals surface area (Å²) in [5, 5.41) is 13.7. The summed E-state index contributed by atoms with van der Waals surface area (Å²) < 4.78 is 10.8. The molecule has 0 aliphatic heterocycles. The first kappa shape index (κ1) is 24.6. The topological polar surface area (TPSA) is 59.0 Å². The van der Waals surface area contributed by atoms with Crippen LogP contribution in [0.3, 0.4) is 0 Å². The fraction of sp³-hybridized carbons (Fsp3) is 0.393. The van der Waals surface area contributed by atoms with E-state index >= 15 is 0 Å². The molecular weight excluding hydrogens is 414 g/mol. The quantitative estimate of drug-likeness (QED) is 0.501. The van der Waals surface area contributed by atoms with Crippen molar-refractivity contribution in [3.8, 4) is 11.5 Å². The van der Waals surface area contributed by atoms with Gasteiger partial charge in [0.2, 0.25) is 0 Å². The number of aliphatic hydroxyl groups is 1. The maximum absolute atomic E-state index is 13.9. The number of ether oxygens (including phenoxy) is 2. The minimum absolute atomic E-state index is 0.0698. The van der Waals surface area contributed by atoms with Gasteiger partial charge in [-0.25, -0.2) is 0 Å². The van der Waals surface area contributed by atoms with Crippen molar-refractivity contribution in [2.45, 2.75) is 46.1 Å². The number of nitrogens with zero attached hydrogens (tertiary/aromatic N) is 1. The molecule has 0 radical (unpaired) electrons. The Morgan fingerprint density at radius 3 is 2.06 bits per heavy atom. The lowest BCUT2D eigenvalue weighted by molar-refractivity contribution is 0.0765. The maximum atomic E-state index is 13.9. The van der Waals surface area contributed by atoms with E-state index in [1.165, 1.54) is 0 Å². The molecule has 3 rings (SSSR count). The van der Waals surface area contributed by atoms with Gasteiger partial charge in [-0.3, -0.25) is 4.79 Å². The van der Waals surface area contributed by atoms with Crippen LogP contribution in [0.4, 0.5) is 0 Å². The number of amides is 1. The van der Waals surface area contributed by atoms with Gasteiger partial charge in [0.1, 0.15) is 17.6 Å². The van der Waals surface area contributed by atoms with Gasteiger partial charge in [-0.15, -0.1) is 0 Å². The Morgan fingerprint density at radius 1 is 0.970 bits per heavy atom. The number of aliphatic hydroxyl groups excluding tert-OH is 1. The van der Waals surface area contributed by atoms with Gasteiger partial charge >= 0.3 is 0 Å². The van der Waals surface area contributed by atoms with Crippen LogP contribution >= 0.6 is 0 Å². The summed E-state index contributed by atoms with van der Waals surface area (Å²) in [7, 11) is 3.15. The normalized spacial score (nSPS) is 12.5. The Bertz CT molecular complexity index is 1120. The van der Waals surface area contributed by atoms with Gasteiger partial charge < -0.3 is 19.5 Å². The lowest BCUT2D eigenvalue weighted by atomic mass is 9.77. The predicted octanol–water partition coefficient (Wildman–Crippen LogP) is 5.72. The molecule has 0 aliphatic rings. The van der Waals surface area contributed by atoms with E-state index in [0.717, 1.165) is 16.3 Å². The molecule has 1 N–H and O–H groups in total. The second-order valence-electron chi connectivity index (χ2n) is 9.21. The summed E-state index contributed by atoms with van der Waals surface area (Å²) >= 11 is 0. The first-order valence-electron chi connectivity index (χ1n) is 11.4. The van der Waals surface area contributed by atoms with Crippen LogP contribution in [-0.2, 0) is 5.41 Å². The van der Waals surface area contributed by atoms with E-state index in [2.05, 4.69) is 26.8 Å². The van der Waals surface area contributed by atoms with Gasteiger partial charge in [-0.05, 0) is 64.9 Å². The summed E-state index contributed by atoms with van der Waals surface area (Å²) in [4.78, 5) is 15.7. The van der Waals surface area contributed by atoms with Gasteiger partial charge in [0, 0.05) is 19.2 Å². The van der Waals surface area contributed by atoms with Crippen LogP contribution in [0.2, 0.25) is 0 Å². The van der Waals surface area contributed by atoms with Crippen molar-refractivity contribution in [1.29, 1.82) is 0 Å². The minimum atomic E-state index is -1.03. The zero-order chi connectivity index (χ0) is 24.3. The number of hydrogen-bond acceptors (Lipinski definition) is 4. The number of hydrogen-bond donors (Lipinski definition) is 1. The Kier molecular flexibility index (Phi) is 7.33. The number of benzene rings is 3. The molecule has 176 valence electrons. The number of carbonyl (C=O) groups excluding carboxylic acids is 1. The van der Waals surface area contributed by atoms with Crippen molar-refractivity contribution >= 4 is 16.7 Å². The average Bonchev–Trinajstić information content (AvgIpc) is 2.81. The largest absolute Gasteiger partial charge is 0.497 e. The third kappa shape index (κ3) is 4.83. The highest BCUT2D eigenvalue weighted by Gasteiger charge is 2.32. The molecule has 0 heterocycles. The summed E-state index contributed by atoms with van der Waals surface area (Å²) in [6.45, 7) is 11.5. The Morgan fingerprint density at radius 2 is 1.55 bits per heavy atom. The molecular formula is C28H35NO4. The van der Waals surface area contributed by atoms with Gasteiger partial charge in [0.25, 0.3) is 5.91 Å². The molecule has 5 nitrogen and oxygen atoms in total. The van der Waals surface area contributed by atoms with Crippen LogP contribution in [-0.4, -0.2) is 43.2 Å². The second kappa shape index (κ2) is 9.84.